The molecule has 0 radical (unpaired) electrons. The number of amides is 1. The highest BCUT2D eigenvalue weighted by Crippen LogP contribution is 2.46. The van der Waals surface area contributed by atoms with Crippen molar-refractivity contribution >= 4 is 63.6 Å². The molecule has 18 nitrogen and oxygen atoms in total. The van der Waals surface area contributed by atoms with Gasteiger partial charge in [-0.1, -0.05) is 72.7 Å². The Morgan fingerprint density at radius 3 is 2.48 bits per heavy atom. The van der Waals surface area contributed by atoms with Gasteiger partial charge in [0.1, 0.15) is 54.6 Å². The van der Waals surface area contributed by atoms with Crippen LogP contribution in [-0.2, 0) is 57.1 Å². The average Bonchev–Trinajstić information content (AvgIpc) is 4.12. The van der Waals surface area contributed by atoms with E-state index in [1.54, 1.807) is 27.2 Å². The maximum atomic E-state index is 13.9. The molecule has 3 saturated heterocycles. The number of carboxylic acid groups (broad SMARTS) is 2. The third kappa shape index (κ3) is 15.2. The molecule has 5 heterocycles. The van der Waals surface area contributed by atoms with E-state index in [0.29, 0.717) is 24.4 Å². The molecule has 13 atom stereocenters. The molecule has 0 unspecified atom stereocenters. The topological polar surface area (TPSA) is 252 Å². The van der Waals surface area contributed by atoms with Gasteiger partial charge in [-0.25, -0.2) is 19.4 Å². The van der Waals surface area contributed by atoms with Gasteiger partial charge in [-0.2, -0.15) is 0 Å². The number of carbonyl (C=O) groups is 6. The van der Waals surface area contributed by atoms with E-state index in [4.69, 9.17) is 42.7 Å². The molecule has 3 N–H and O–H groups in total. The first-order valence-corrected chi connectivity index (χ1v) is 24.5. The second kappa shape index (κ2) is 23.9. The van der Waals surface area contributed by atoms with Gasteiger partial charge in [0.2, 0.25) is 5.91 Å². The second-order valence-electron chi connectivity index (χ2n) is 17.5. The van der Waals surface area contributed by atoms with Crippen LogP contribution in [0.25, 0.3) is 6.08 Å². The van der Waals surface area contributed by atoms with Crippen LogP contribution in [0.15, 0.2) is 52.2 Å². The summed E-state index contributed by atoms with van der Waals surface area (Å²) in [4.78, 5) is 79.4. The number of carbonyl (C=O) groups excluding carboxylic acids is 4. The number of nitrogens with one attached hydrogen (secondary N) is 1. The van der Waals surface area contributed by atoms with Crippen molar-refractivity contribution in [3.05, 3.63) is 59.4 Å². The molecule has 4 aliphatic rings. The van der Waals surface area contributed by atoms with Gasteiger partial charge in [0, 0.05) is 56.1 Å². The Morgan fingerprint density at radius 2 is 1.80 bits per heavy atom. The third-order valence-electron chi connectivity index (χ3n) is 12.1. The Bertz CT molecular complexity index is 2030. The lowest BCUT2D eigenvalue weighted by Gasteiger charge is -2.33. The van der Waals surface area contributed by atoms with Gasteiger partial charge in [-0.05, 0) is 56.8 Å². The van der Waals surface area contributed by atoms with Gasteiger partial charge in [0.05, 0.1) is 18.6 Å². The minimum Gasteiger partial charge on any atom is -0.481 e. The van der Waals surface area contributed by atoms with Crippen molar-refractivity contribution in [3.8, 4) is 0 Å². The molecule has 0 saturated carbocycles. The van der Waals surface area contributed by atoms with Crippen molar-refractivity contribution in [2.24, 2.45) is 23.7 Å². The molecule has 0 spiro atoms. The van der Waals surface area contributed by atoms with Crippen molar-refractivity contribution in [2.75, 3.05) is 25.2 Å². The largest absolute Gasteiger partial charge is 0.508 e. The second-order valence-corrected chi connectivity index (χ2v) is 20.1. The first-order valence-electron chi connectivity index (χ1n) is 22.0. The molecule has 66 heavy (non-hydrogen) atoms. The number of hydrogen-bond acceptors (Lipinski definition) is 17. The van der Waals surface area contributed by atoms with Gasteiger partial charge >= 0.3 is 30.0 Å². The van der Waals surface area contributed by atoms with Gasteiger partial charge in [-0.15, -0.1) is 0 Å². The average molecular weight is 963 g/mol. The molecule has 1 aromatic heterocycles. The molecular weight excluding hydrogens is 901 g/mol. The standard InChI is InChI=1S/C46H62N2O16S2/c1-24(16-31-22-59-29(6)47-31)10-9-11-26(3)40(57-8)28(5)34-21-37(63-45(56)58-14-15-65-66-23-32(43(53)54)48-42(52)27(4)17-38(49)50)46(7)36(64-46)13-12-25(2)33-18-30(20-39(51)60-33)19-35-41(61-35)44(55)62-34/h9-13,16,22,25,27-28,30,32-37,40-41H,14-15,17-21,23H2,1-8H3,(H,48,52)(H,49,50)(H,53,54)/b10-9+,13-12+,24-16+,26-11+/t25-,27+,28+,30+,32+,33-,34+,35+,36-,37+,40+,41-,46+/m1/s1. The summed E-state index contributed by atoms with van der Waals surface area (Å²) in [6.07, 6.45) is 8.24. The summed E-state index contributed by atoms with van der Waals surface area (Å²) in [5.41, 5.74) is 1.38. The fourth-order valence-corrected chi connectivity index (χ4v) is 10.1. The van der Waals surface area contributed by atoms with E-state index in [2.05, 4.69) is 10.3 Å². The Balaban J connectivity index is 1.30. The zero-order valence-electron chi connectivity index (χ0n) is 38.5. The lowest BCUT2D eigenvalue weighted by atomic mass is 9.84. The molecule has 5 rings (SSSR count). The van der Waals surface area contributed by atoms with Crippen LogP contribution in [0, 0.1) is 30.6 Å². The highest BCUT2D eigenvalue weighted by atomic mass is 33.1. The maximum absolute atomic E-state index is 13.9. The van der Waals surface area contributed by atoms with Crippen LogP contribution in [0.3, 0.4) is 0 Å². The SMILES string of the molecule is CO[C@@H](/C(C)=C/C=C/C(C)=C/c1coc(C)n1)[C@@H](C)[C@@H]1C[C@H](OC(=O)OCCSSC[C@H](NC(=O)[C@@H](C)CC(=O)O)C(=O)O)[C@@]2(C)O[C@@H]2/C=C/[C@@H](C)[C@H]2C[C@H](CC(=O)O2)C[C@@H]2O[C@H]2C(=O)O1. The Labute approximate surface area is 392 Å². The maximum Gasteiger partial charge on any atom is 0.508 e. The molecule has 2 bridgehead atoms. The van der Waals surface area contributed by atoms with E-state index in [1.165, 1.54) is 17.7 Å². The van der Waals surface area contributed by atoms with Crippen LogP contribution in [0.4, 0.5) is 4.79 Å². The van der Waals surface area contributed by atoms with E-state index >= 15 is 0 Å². The van der Waals surface area contributed by atoms with Crippen molar-refractivity contribution < 1.29 is 76.6 Å². The summed E-state index contributed by atoms with van der Waals surface area (Å²) in [5, 5.41) is 20.9. The van der Waals surface area contributed by atoms with Crippen LogP contribution >= 0.6 is 21.6 Å². The minimum absolute atomic E-state index is 0.00142. The molecule has 1 aromatic rings. The van der Waals surface area contributed by atoms with E-state index in [9.17, 15) is 33.9 Å². The quantitative estimate of drug-likeness (QED) is 0.0263. The fourth-order valence-electron chi connectivity index (χ4n) is 8.11. The molecule has 4 aliphatic heterocycles. The molecule has 364 valence electrons. The molecule has 1 amide bonds. The van der Waals surface area contributed by atoms with Crippen LogP contribution in [-0.4, -0.2) is 131 Å². The first kappa shape index (κ1) is 52.3. The summed E-state index contributed by atoms with van der Waals surface area (Å²) in [6, 6.07) is -1.27. The Kier molecular flexibility index (Phi) is 18.9. The first-order chi connectivity index (χ1) is 31.3. The number of ether oxygens (including phenoxy) is 7. The highest BCUT2D eigenvalue weighted by Gasteiger charge is 2.60. The summed E-state index contributed by atoms with van der Waals surface area (Å²) in [5.74, 6) is -4.88. The van der Waals surface area contributed by atoms with E-state index in [0.717, 1.165) is 21.9 Å². The summed E-state index contributed by atoms with van der Waals surface area (Å²) in [7, 11) is 3.89. The van der Waals surface area contributed by atoms with Crippen LogP contribution in [0.5, 0.6) is 0 Å². The zero-order chi connectivity index (χ0) is 48.3. The lowest BCUT2D eigenvalue weighted by Crippen LogP contribution is -2.45. The van der Waals surface area contributed by atoms with Crippen LogP contribution in [0.2, 0.25) is 0 Å². The van der Waals surface area contributed by atoms with Crippen molar-refractivity contribution in [1.29, 1.82) is 0 Å². The molecule has 3 fully saturated rings. The number of methoxy groups -OCH3 is 1. The number of oxazole rings is 1. The normalized spacial score (nSPS) is 30.3. The molecular formula is C46H62N2O16S2. The number of hydrogen-bond donors (Lipinski definition) is 3. The predicted molar refractivity (Wildman–Crippen MR) is 242 cm³/mol. The number of nitrogens with zero attached hydrogens (tertiary/aromatic N) is 1. The van der Waals surface area contributed by atoms with Crippen molar-refractivity contribution in [1.82, 2.24) is 10.3 Å². The third-order valence-corrected chi connectivity index (χ3v) is 14.5. The van der Waals surface area contributed by atoms with Gasteiger partial charge in [0.15, 0.2) is 12.0 Å². The van der Waals surface area contributed by atoms with Gasteiger partial charge in [0.25, 0.3) is 0 Å². The summed E-state index contributed by atoms with van der Waals surface area (Å²) in [6.45, 7) is 12.5. The Morgan fingerprint density at radius 1 is 1.06 bits per heavy atom. The number of aromatic nitrogens is 1. The van der Waals surface area contributed by atoms with Crippen LogP contribution in [0.1, 0.15) is 85.2 Å². The monoisotopic (exact) mass is 962 g/mol. The summed E-state index contributed by atoms with van der Waals surface area (Å²) >= 11 is 0. The predicted octanol–water partition coefficient (Wildman–Crippen LogP) is 6.27. The van der Waals surface area contributed by atoms with E-state index in [-0.39, 0.29) is 54.9 Å². The highest BCUT2D eigenvalue weighted by molar-refractivity contribution is 8.76. The fraction of sp³-hybridized carbons (Fsp3) is 0.630. The van der Waals surface area contributed by atoms with E-state index in [1.807, 2.05) is 64.2 Å². The molecule has 0 aromatic carbocycles. The number of aliphatic carboxylic acids is 2. The Hall–Kier alpha value is -4.63. The van der Waals surface area contributed by atoms with Gasteiger partial charge in [-0.3, -0.25) is 14.4 Å². The number of esters is 2. The van der Waals surface area contributed by atoms with Gasteiger partial charge < -0.3 is 53.1 Å². The number of allylic oxidation sites excluding steroid dienone is 4. The van der Waals surface area contributed by atoms with Crippen LogP contribution < -0.4 is 5.32 Å². The number of carboxylic acids is 2. The number of aryl methyl sites for hydroxylation is 1. The van der Waals surface area contributed by atoms with E-state index < -0.39 is 96.5 Å². The zero-order valence-corrected chi connectivity index (χ0v) is 40.1. The number of fused-ring (bicyclic) bond motifs is 4. The number of cyclic esters (lactones) is 1. The molecule has 0 aliphatic carbocycles. The smallest absolute Gasteiger partial charge is 0.481 e. The van der Waals surface area contributed by atoms with Crippen molar-refractivity contribution in [2.45, 2.75) is 135 Å². The summed E-state index contributed by atoms with van der Waals surface area (Å²) < 4.78 is 46.9. The molecule has 20 heteroatoms. The number of rotatable bonds is 19. The lowest BCUT2D eigenvalue weighted by molar-refractivity contribution is -0.159. The number of epoxide rings is 2. The minimum atomic E-state index is -1.28. The van der Waals surface area contributed by atoms with Crippen molar-refractivity contribution in [3.63, 3.8) is 0 Å².